The summed E-state index contributed by atoms with van der Waals surface area (Å²) in [5, 5.41) is 3.16. The van der Waals surface area contributed by atoms with Crippen LogP contribution in [0.15, 0.2) is 9.98 Å². The maximum absolute atomic E-state index is 4.39. The molecule has 10 heavy (non-hydrogen) atoms. The van der Waals surface area contributed by atoms with E-state index in [1.165, 1.54) is 12.8 Å². The van der Waals surface area contributed by atoms with Crippen molar-refractivity contribution in [2.45, 2.75) is 25.8 Å². The summed E-state index contributed by atoms with van der Waals surface area (Å²) >= 11 is 0. The normalized spacial score (nSPS) is 30.3. The highest BCUT2D eigenvalue weighted by atomic mass is 15.2. The maximum atomic E-state index is 4.39. The van der Waals surface area contributed by atoms with E-state index >= 15 is 0 Å². The van der Waals surface area contributed by atoms with E-state index in [0.717, 1.165) is 18.2 Å². The maximum Gasteiger partial charge on any atom is 0.127 e. The van der Waals surface area contributed by atoms with Crippen LogP contribution in [0.1, 0.15) is 19.8 Å². The topological polar surface area (TPSA) is 36.8 Å². The minimum Gasteiger partial charge on any atom is -0.331 e. The molecule has 0 radical (unpaired) electrons. The lowest BCUT2D eigenvalue weighted by molar-refractivity contribution is 0.668. The van der Waals surface area contributed by atoms with Gasteiger partial charge in [-0.15, -0.1) is 0 Å². The molecule has 3 heteroatoms. The summed E-state index contributed by atoms with van der Waals surface area (Å²) in [6, 6.07) is 0.369. The Labute approximate surface area is 60.3 Å². The summed E-state index contributed by atoms with van der Waals surface area (Å²) in [4.78, 5) is 8.72. The van der Waals surface area contributed by atoms with Crippen LogP contribution in [0.25, 0.3) is 0 Å². The van der Waals surface area contributed by atoms with Crippen molar-refractivity contribution in [2.24, 2.45) is 9.98 Å². The molecule has 0 aromatic carbocycles. The molecule has 0 saturated carbocycles. The second-order valence-corrected chi connectivity index (χ2v) is 2.76. The van der Waals surface area contributed by atoms with Gasteiger partial charge in [-0.05, 0) is 19.8 Å². The average Bonchev–Trinajstić information content (AvgIpc) is 2.27. The third-order valence-corrected chi connectivity index (χ3v) is 1.89. The first-order valence-electron chi connectivity index (χ1n) is 3.72. The molecule has 0 aliphatic carbocycles. The van der Waals surface area contributed by atoms with Crippen molar-refractivity contribution < 1.29 is 0 Å². The van der Waals surface area contributed by atoms with Crippen molar-refractivity contribution in [1.29, 1.82) is 0 Å². The molecule has 0 amide bonds. The number of nitrogens with one attached hydrogen (secondary N) is 1. The van der Waals surface area contributed by atoms with Crippen LogP contribution in [0.4, 0.5) is 0 Å². The predicted molar refractivity (Wildman–Crippen MR) is 41.6 cm³/mol. The van der Waals surface area contributed by atoms with Gasteiger partial charge in [-0.3, -0.25) is 9.98 Å². The van der Waals surface area contributed by atoms with Crippen LogP contribution >= 0.6 is 0 Å². The second-order valence-electron chi connectivity index (χ2n) is 2.76. The molecular formula is C7H11N3. The number of nitrogens with zero attached hydrogens (tertiary/aromatic N) is 2. The molecule has 0 saturated heterocycles. The lowest BCUT2D eigenvalue weighted by atomic mass is 10.1. The van der Waals surface area contributed by atoms with Crippen molar-refractivity contribution >= 4 is 11.7 Å². The SMILES string of the molecule is CC1=NC2CCCN=C2N1. The van der Waals surface area contributed by atoms with Gasteiger partial charge in [0.15, 0.2) is 0 Å². The van der Waals surface area contributed by atoms with Crippen molar-refractivity contribution in [3.05, 3.63) is 0 Å². The molecule has 54 valence electrons. The molecule has 0 aromatic heterocycles. The summed E-state index contributed by atoms with van der Waals surface area (Å²) in [6.07, 6.45) is 2.36. The number of hydrogen-bond donors (Lipinski definition) is 1. The van der Waals surface area contributed by atoms with Gasteiger partial charge in [-0.25, -0.2) is 0 Å². The van der Waals surface area contributed by atoms with Crippen LogP contribution in [0.2, 0.25) is 0 Å². The summed E-state index contributed by atoms with van der Waals surface area (Å²) in [7, 11) is 0. The van der Waals surface area contributed by atoms with Crippen molar-refractivity contribution in [3.8, 4) is 0 Å². The Morgan fingerprint density at radius 2 is 2.50 bits per heavy atom. The van der Waals surface area contributed by atoms with E-state index in [4.69, 9.17) is 0 Å². The molecular weight excluding hydrogens is 126 g/mol. The van der Waals surface area contributed by atoms with Gasteiger partial charge in [-0.1, -0.05) is 0 Å². The molecule has 1 unspecified atom stereocenters. The molecule has 1 atom stereocenters. The zero-order valence-electron chi connectivity index (χ0n) is 6.09. The fourth-order valence-corrected chi connectivity index (χ4v) is 1.43. The monoisotopic (exact) mass is 137 g/mol. The Balaban J connectivity index is 2.23. The number of fused-ring (bicyclic) bond motifs is 1. The van der Waals surface area contributed by atoms with Gasteiger partial charge in [0.1, 0.15) is 11.9 Å². The quantitative estimate of drug-likeness (QED) is 0.520. The molecule has 3 nitrogen and oxygen atoms in total. The van der Waals surface area contributed by atoms with Gasteiger partial charge in [0.2, 0.25) is 0 Å². The van der Waals surface area contributed by atoms with Crippen molar-refractivity contribution in [1.82, 2.24) is 5.32 Å². The van der Waals surface area contributed by atoms with Crippen LogP contribution in [-0.4, -0.2) is 24.3 Å². The molecule has 1 N–H and O–H groups in total. The Morgan fingerprint density at radius 3 is 3.30 bits per heavy atom. The fraction of sp³-hybridized carbons (Fsp3) is 0.714. The first-order chi connectivity index (χ1) is 4.86. The molecule has 2 aliphatic rings. The van der Waals surface area contributed by atoms with E-state index < -0.39 is 0 Å². The second kappa shape index (κ2) is 2.08. The molecule has 2 heterocycles. The number of aliphatic imine (C=N–C) groups is 2. The number of rotatable bonds is 0. The molecule has 0 bridgehead atoms. The minimum atomic E-state index is 0.369. The fourth-order valence-electron chi connectivity index (χ4n) is 1.43. The lowest BCUT2D eigenvalue weighted by Crippen LogP contribution is -2.30. The van der Waals surface area contributed by atoms with Gasteiger partial charge < -0.3 is 5.32 Å². The summed E-state index contributed by atoms with van der Waals surface area (Å²) in [5.41, 5.74) is 0. The largest absolute Gasteiger partial charge is 0.331 e. The Hall–Kier alpha value is -0.860. The Morgan fingerprint density at radius 1 is 1.60 bits per heavy atom. The molecule has 0 spiro atoms. The van der Waals surface area contributed by atoms with Crippen molar-refractivity contribution in [3.63, 3.8) is 0 Å². The first-order valence-corrected chi connectivity index (χ1v) is 3.72. The molecule has 0 aromatic rings. The highest BCUT2D eigenvalue weighted by Crippen LogP contribution is 2.13. The summed E-state index contributed by atoms with van der Waals surface area (Å²) in [6.45, 7) is 2.96. The first kappa shape index (κ1) is 5.89. The molecule has 2 rings (SSSR count). The van der Waals surface area contributed by atoms with Crippen LogP contribution in [0, 0.1) is 0 Å². The van der Waals surface area contributed by atoms with Crippen LogP contribution < -0.4 is 5.32 Å². The van der Waals surface area contributed by atoms with Crippen LogP contribution in [-0.2, 0) is 0 Å². The zero-order chi connectivity index (χ0) is 6.97. The highest BCUT2D eigenvalue weighted by molar-refractivity contribution is 6.07. The van der Waals surface area contributed by atoms with E-state index in [9.17, 15) is 0 Å². The van der Waals surface area contributed by atoms with Gasteiger partial charge in [0.25, 0.3) is 0 Å². The minimum absolute atomic E-state index is 0.369. The average molecular weight is 137 g/mol. The van der Waals surface area contributed by atoms with Gasteiger partial charge in [-0.2, -0.15) is 0 Å². The number of amidine groups is 2. The molecule has 2 aliphatic heterocycles. The van der Waals surface area contributed by atoms with Crippen LogP contribution in [0.5, 0.6) is 0 Å². The van der Waals surface area contributed by atoms with E-state index in [1.54, 1.807) is 0 Å². The molecule has 0 fully saturated rings. The zero-order valence-corrected chi connectivity index (χ0v) is 6.09. The van der Waals surface area contributed by atoms with Crippen LogP contribution in [0.3, 0.4) is 0 Å². The summed E-state index contributed by atoms with van der Waals surface area (Å²) in [5.74, 6) is 2.11. The number of hydrogen-bond acceptors (Lipinski definition) is 3. The standard InChI is InChI=1S/C7H11N3/c1-5-9-6-3-2-4-8-7(6)10-5/h6H,2-4H2,1H3,(H,8,9,10). The third kappa shape index (κ3) is 0.818. The van der Waals surface area contributed by atoms with Gasteiger partial charge >= 0.3 is 0 Å². The predicted octanol–water partition coefficient (Wildman–Crippen LogP) is 0.569. The van der Waals surface area contributed by atoms with Gasteiger partial charge in [0.05, 0.1) is 5.84 Å². The van der Waals surface area contributed by atoms with E-state index in [2.05, 4.69) is 15.3 Å². The van der Waals surface area contributed by atoms with E-state index in [-0.39, 0.29) is 0 Å². The summed E-state index contributed by atoms with van der Waals surface area (Å²) < 4.78 is 0. The van der Waals surface area contributed by atoms with Crippen molar-refractivity contribution in [2.75, 3.05) is 6.54 Å². The lowest BCUT2D eigenvalue weighted by Gasteiger charge is -2.12. The smallest absolute Gasteiger partial charge is 0.127 e. The third-order valence-electron chi connectivity index (χ3n) is 1.89. The Bertz CT molecular complexity index is 205. The highest BCUT2D eigenvalue weighted by Gasteiger charge is 2.23. The van der Waals surface area contributed by atoms with Gasteiger partial charge in [0, 0.05) is 6.54 Å². The Kier molecular flexibility index (Phi) is 1.22. The van der Waals surface area contributed by atoms with E-state index in [0.29, 0.717) is 6.04 Å². The van der Waals surface area contributed by atoms with E-state index in [1.807, 2.05) is 6.92 Å².